The molecule has 1 aliphatic heterocycles. The quantitative estimate of drug-likeness (QED) is 0.852. The number of para-hydroxylation sites is 1. The predicted molar refractivity (Wildman–Crippen MR) is 90.1 cm³/mol. The first kappa shape index (κ1) is 16.0. The fourth-order valence-electron chi connectivity index (χ4n) is 2.98. The molecule has 120 valence electrons. The first-order chi connectivity index (χ1) is 11.1. The van der Waals surface area contributed by atoms with E-state index in [-0.39, 0.29) is 17.8 Å². The largest absolute Gasteiger partial charge is 0.311 e. The lowest BCUT2D eigenvalue weighted by atomic mass is 10.1. The number of hydrogen-bond acceptors (Lipinski definition) is 2. The molecule has 1 unspecified atom stereocenters. The molecule has 1 aliphatic rings. The zero-order valence-corrected chi connectivity index (χ0v) is 13.6. The molecule has 1 saturated heterocycles. The van der Waals surface area contributed by atoms with E-state index >= 15 is 0 Å². The van der Waals surface area contributed by atoms with Crippen LogP contribution in [0.1, 0.15) is 12.0 Å². The summed E-state index contributed by atoms with van der Waals surface area (Å²) in [6.45, 7) is 0.980. The van der Waals surface area contributed by atoms with E-state index in [1.165, 1.54) is 6.07 Å². The molecule has 5 heteroatoms. The normalized spacial score (nSPS) is 18.0. The van der Waals surface area contributed by atoms with Gasteiger partial charge in [0.05, 0.1) is 6.04 Å². The average Bonchev–Trinajstić information content (AvgIpc) is 2.93. The number of benzene rings is 2. The van der Waals surface area contributed by atoms with Crippen LogP contribution in [0.2, 0.25) is 5.02 Å². The van der Waals surface area contributed by atoms with Crippen LogP contribution in [0.5, 0.6) is 0 Å². The minimum Gasteiger partial charge on any atom is -0.311 e. The van der Waals surface area contributed by atoms with Gasteiger partial charge in [-0.2, -0.15) is 0 Å². The first-order valence-corrected chi connectivity index (χ1v) is 7.95. The van der Waals surface area contributed by atoms with Crippen molar-refractivity contribution in [2.45, 2.75) is 19.0 Å². The monoisotopic (exact) mass is 332 g/mol. The van der Waals surface area contributed by atoms with Gasteiger partial charge in [0.25, 0.3) is 0 Å². The van der Waals surface area contributed by atoms with Crippen molar-refractivity contribution in [1.29, 1.82) is 0 Å². The molecular weight excluding hydrogens is 315 g/mol. The molecule has 0 N–H and O–H groups in total. The van der Waals surface area contributed by atoms with Crippen molar-refractivity contribution in [2.24, 2.45) is 0 Å². The number of rotatable bonds is 4. The van der Waals surface area contributed by atoms with E-state index in [9.17, 15) is 9.18 Å². The highest BCUT2D eigenvalue weighted by atomic mass is 35.5. The molecule has 0 aliphatic carbocycles. The van der Waals surface area contributed by atoms with Gasteiger partial charge < -0.3 is 4.90 Å². The lowest BCUT2D eigenvalue weighted by molar-refractivity contribution is -0.121. The Morgan fingerprint density at radius 1 is 1.22 bits per heavy atom. The molecule has 0 bridgehead atoms. The van der Waals surface area contributed by atoms with Gasteiger partial charge in [-0.15, -0.1) is 0 Å². The molecule has 1 fully saturated rings. The number of carbonyl (C=O) groups excluding carboxylic acids is 1. The fourth-order valence-corrected chi connectivity index (χ4v) is 3.20. The average molecular weight is 333 g/mol. The third-order valence-electron chi connectivity index (χ3n) is 4.25. The lowest BCUT2D eigenvalue weighted by Gasteiger charge is -2.24. The zero-order chi connectivity index (χ0) is 16.4. The van der Waals surface area contributed by atoms with Crippen LogP contribution in [-0.4, -0.2) is 30.4 Å². The molecule has 0 saturated carbocycles. The molecule has 0 spiro atoms. The maximum absolute atomic E-state index is 13.9. The summed E-state index contributed by atoms with van der Waals surface area (Å²) in [6, 6.07) is 14.0. The van der Waals surface area contributed by atoms with Gasteiger partial charge in [-0.25, -0.2) is 4.39 Å². The van der Waals surface area contributed by atoms with Crippen molar-refractivity contribution in [3.05, 3.63) is 64.9 Å². The molecule has 1 atom stereocenters. The van der Waals surface area contributed by atoms with Crippen LogP contribution in [0.3, 0.4) is 0 Å². The molecule has 23 heavy (non-hydrogen) atoms. The van der Waals surface area contributed by atoms with Crippen molar-refractivity contribution in [1.82, 2.24) is 4.90 Å². The number of hydrogen-bond donors (Lipinski definition) is 0. The molecular formula is C18H18ClFN2O. The summed E-state index contributed by atoms with van der Waals surface area (Å²) in [4.78, 5) is 16.3. The van der Waals surface area contributed by atoms with E-state index in [0.29, 0.717) is 23.7 Å². The van der Waals surface area contributed by atoms with Crippen LogP contribution in [0.25, 0.3) is 0 Å². The van der Waals surface area contributed by atoms with Crippen LogP contribution >= 0.6 is 11.6 Å². The minimum absolute atomic E-state index is 0.0474. The Labute approximate surface area is 140 Å². The summed E-state index contributed by atoms with van der Waals surface area (Å²) in [7, 11) is 1.83. The topological polar surface area (TPSA) is 23.6 Å². The standard InChI is InChI=1S/C18H18ClFN2O/c1-21(12-14-15(19)8-5-9-16(14)20)17-10-11-22(18(17)23)13-6-3-2-4-7-13/h2-9,17H,10-12H2,1H3. The molecule has 0 radical (unpaired) electrons. The van der Waals surface area contributed by atoms with Crippen LogP contribution in [0, 0.1) is 5.82 Å². The van der Waals surface area contributed by atoms with Crippen LogP contribution in [-0.2, 0) is 11.3 Å². The van der Waals surface area contributed by atoms with Gasteiger partial charge in [-0.1, -0.05) is 35.9 Å². The zero-order valence-electron chi connectivity index (χ0n) is 12.9. The van der Waals surface area contributed by atoms with E-state index in [1.54, 1.807) is 17.0 Å². The van der Waals surface area contributed by atoms with Gasteiger partial charge in [-0.3, -0.25) is 9.69 Å². The third kappa shape index (κ3) is 3.23. The number of anilines is 1. The van der Waals surface area contributed by atoms with Gasteiger partial charge >= 0.3 is 0 Å². The first-order valence-electron chi connectivity index (χ1n) is 7.57. The second-order valence-corrected chi connectivity index (χ2v) is 6.15. The fraction of sp³-hybridized carbons (Fsp3) is 0.278. The smallest absolute Gasteiger partial charge is 0.244 e. The third-order valence-corrected chi connectivity index (χ3v) is 4.60. The second kappa shape index (κ2) is 6.69. The van der Waals surface area contributed by atoms with Crippen molar-refractivity contribution in [2.75, 3.05) is 18.5 Å². The van der Waals surface area contributed by atoms with Crippen molar-refractivity contribution >= 4 is 23.2 Å². The van der Waals surface area contributed by atoms with Crippen LogP contribution < -0.4 is 4.90 Å². The summed E-state index contributed by atoms with van der Waals surface area (Å²) in [5, 5.41) is 0.391. The van der Waals surface area contributed by atoms with Crippen LogP contribution in [0.15, 0.2) is 48.5 Å². The highest BCUT2D eigenvalue weighted by Gasteiger charge is 2.35. The Morgan fingerprint density at radius 2 is 1.96 bits per heavy atom. The maximum Gasteiger partial charge on any atom is 0.244 e. The molecule has 3 rings (SSSR count). The molecule has 2 aromatic rings. The van der Waals surface area contributed by atoms with E-state index in [2.05, 4.69) is 0 Å². The highest BCUT2D eigenvalue weighted by Crippen LogP contribution is 2.26. The van der Waals surface area contributed by atoms with Gasteiger partial charge in [0.1, 0.15) is 5.82 Å². The summed E-state index contributed by atoms with van der Waals surface area (Å²) >= 11 is 6.08. The number of nitrogens with zero attached hydrogens (tertiary/aromatic N) is 2. The van der Waals surface area contributed by atoms with E-state index < -0.39 is 0 Å². The minimum atomic E-state index is -0.338. The molecule has 2 aromatic carbocycles. The van der Waals surface area contributed by atoms with Crippen LogP contribution in [0.4, 0.5) is 10.1 Å². The van der Waals surface area contributed by atoms with Gasteiger partial charge in [0.2, 0.25) is 5.91 Å². The van der Waals surface area contributed by atoms with E-state index in [1.807, 2.05) is 42.3 Å². The Hall–Kier alpha value is -1.91. The van der Waals surface area contributed by atoms with Crippen molar-refractivity contribution in [3.8, 4) is 0 Å². The summed E-state index contributed by atoms with van der Waals surface area (Å²) in [5.74, 6) is -0.291. The SMILES string of the molecule is CN(Cc1c(F)cccc1Cl)C1CCN(c2ccccc2)C1=O. The Balaban J connectivity index is 1.74. The summed E-state index contributed by atoms with van der Waals surface area (Å²) in [6.07, 6.45) is 0.719. The second-order valence-electron chi connectivity index (χ2n) is 5.75. The number of carbonyl (C=O) groups is 1. The van der Waals surface area contributed by atoms with Gasteiger partial charge in [0.15, 0.2) is 0 Å². The number of likely N-dealkylation sites (N-methyl/N-ethyl adjacent to an activating group) is 1. The lowest BCUT2D eigenvalue weighted by Crippen LogP contribution is -2.39. The van der Waals surface area contributed by atoms with E-state index in [4.69, 9.17) is 11.6 Å². The molecule has 1 heterocycles. The Kier molecular flexibility index (Phi) is 4.64. The van der Waals surface area contributed by atoms with Crippen molar-refractivity contribution in [3.63, 3.8) is 0 Å². The van der Waals surface area contributed by atoms with E-state index in [0.717, 1.165) is 12.1 Å². The van der Waals surface area contributed by atoms with Crippen molar-refractivity contribution < 1.29 is 9.18 Å². The molecule has 0 aromatic heterocycles. The predicted octanol–water partition coefficient (Wildman–Crippen LogP) is 3.72. The molecule has 1 amide bonds. The number of amides is 1. The highest BCUT2D eigenvalue weighted by molar-refractivity contribution is 6.31. The Morgan fingerprint density at radius 3 is 2.65 bits per heavy atom. The summed E-state index contributed by atoms with van der Waals surface area (Å²) < 4.78 is 13.9. The van der Waals surface area contributed by atoms with Gasteiger partial charge in [-0.05, 0) is 37.7 Å². The van der Waals surface area contributed by atoms with Gasteiger partial charge in [0, 0.05) is 29.4 Å². The molecule has 3 nitrogen and oxygen atoms in total. The number of halogens is 2. The Bertz CT molecular complexity index is 687. The summed E-state index contributed by atoms with van der Waals surface area (Å²) in [5.41, 5.74) is 1.33. The maximum atomic E-state index is 13.9.